The highest BCUT2D eigenvalue weighted by atomic mass is 35.5. The first-order valence-electron chi connectivity index (χ1n) is 4.94. The van der Waals surface area contributed by atoms with Gasteiger partial charge in [0.05, 0.1) is 11.5 Å². The molecule has 0 aromatic heterocycles. The van der Waals surface area contributed by atoms with Crippen LogP contribution in [0.2, 0.25) is 0 Å². The molecule has 0 spiro atoms. The van der Waals surface area contributed by atoms with E-state index in [4.69, 9.17) is 15.6 Å². The number of hydrogen-bond acceptors (Lipinski definition) is 5. The molecule has 0 unspecified atom stereocenters. The van der Waals surface area contributed by atoms with Gasteiger partial charge in [0, 0.05) is 30.2 Å². The van der Waals surface area contributed by atoms with Crippen LogP contribution < -0.4 is 10.5 Å². The van der Waals surface area contributed by atoms with Crippen LogP contribution in [0.1, 0.15) is 28.4 Å². The zero-order valence-corrected chi connectivity index (χ0v) is 9.98. The third kappa shape index (κ3) is 2.36. The quantitative estimate of drug-likeness (QED) is 0.623. The zero-order chi connectivity index (χ0) is 12.6. The lowest BCUT2D eigenvalue weighted by Crippen LogP contribution is -2.22. The highest BCUT2D eigenvalue weighted by Crippen LogP contribution is 2.36. The normalized spacial score (nSPS) is 17.1. The first-order chi connectivity index (χ1) is 8.00. The number of ether oxygens (including phenoxy) is 1. The average Bonchev–Trinajstić information content (AvgIpc) is 2.28. The molecule has 0 saturated heterocycles. The van der Waals surface area contributed by atoms with Gasteiger partial charge in [-0.15, -0.1) is 12.4 Å². The number of carboxylic acids is 1. The standard InChI is InChI=1S/C10H10N2O5.ClH/c11-8-1-2-17-9-6(8)3-5(12(15)16)4-7(9)10(13)14;/h3-4,8H,1-2,11H2,(H,13,14);1H/t8-;/m0./s1. The van der Waals surface area contributed by atoms with E-state index < -0.39 is 16.9 Å². The van der Waals surface area contributed by atoms with Gasteiger partial charge in [-0.25, -0.2) is 4.79 Å². The third-order valence-electron chi connectivity index (χ3n) is 2.62. The number of carboxylic acid groups (broad SMARTS) is 1. The summed E-state index contributed by atoms with van der Waals surface area (Å²) in [5.74, 6) is -1.12. The van der Waals surface area contributed by atoms with Crippen molar-refractivity contribution >= 4 is 24.1 Å². The van der Waals surface area contributed by atoms with E-state index >= 15 is 0 Å². The molecule has 0 bridgehead atoms. The first kappa shape index (κ1) is 14.2. The number of halogens is 1. The molecule has 8 heteroatoms. The number of aromatic carboxylic acids is 1. The van der Waals surface area contributed by atoms with Gasteiger partial charge in [-0.1, -0.05) is 0 Å². The predicted octanol–water partition coefficient (Wildman–Crippen LogP) is 1.50. The largest absolute Gasteiger partial charge is 0.492 e. The number of benzene rings is 1. The first-order valence-corrected chi connectivity index (χ1v) is 4.94. The van der Waals surface area contributed by atoms with Gasteiger partial charge in [-0.3, -0.25) is 10.1 Å². The van der Waals surface area contributed by atoms with Crippen molar-refractivity contribution in [3.8, 4) is 5.75 Å². The van der Waals surface area contributed by atoms with Crippen molar-refractivity contribution in [2.45, 2.75) is 12.5 Å². The van der Waals surface area contributed by atoms with Crippen molar-refractivity contribution in [3.05, 3.63) is 33.4 Å². The Morgan fingerprint density at radius 1 is 1.56 bits per heavy atom. The summed E-state index contributed by atoms with van der Waals surface area (Å²) in [4.78, 5) is 21.1. The van der Waals surface area contributed by atoms with E-state index in [9.17, 15) is 14.9 Å². The van der Waals surface area contributed by atoms with Gasteiger partial charge in [0.25, 0.3) is 5.69 Å². The summed E-state index contributed by atoms with van der Waals surface area (Å²) in [6.45, 7) is 0.312. The summed E-state index contributed by atoms with van der Waals surface area (Å²) in [5, 5.41) is 19.7. The average molecular weight is 275 g/mol. The second kappa shape index (κ2) is 5.19. The lowest BCUT2D eigenvalue weighted by atomic mass is 9.97. The van der Waals surface area contributed by atoms with E-state index in [1.54, 1.807) is 0 Å². The Morgan fingerprint density at radius 3 is 2.78 bits per heavy atom. The molecule has 1 aromatic carbocycles. The van der Waals surface area contributed by atoms with E-state index in [0.717, 1.165) is 6.07 Å². The molecular formula is C10H11ClN2O5. The topological polar surface area (TPSA) is 116 Å². The van der Waals surface area contributed by atoms with Gasteiger partial charge in [0.15, 0.2) is 0 Å². The number of nitrogens with zero attached hydrogens (tertiary/aromatic N) is 1. The number of non-ortho nitro benzene ring substituents is 1. The van der Waals surface area contributed by atoms with Crippen molar-refractivity contribution < 1.29 is 19.6 Å². The van der Waals surface area contributed by atoms with Crippen LogP contribution in [0.25, 0.3) is 0 Å². The number of fused-ring (bicyclic) bond motifs is 1. The Morgan fingerprint density at radius 2 is 2.22 bits per heavy atom. The minimum absolute atomic E-state index is 0. The third-order valence-corrected chi connectivity index (χ3v) is 2.62. The fraction of sp³-hybridized carbons (Fsp3) is 0.300. The molecule has 0 saturated carbocycles. The molecule has 0 radical (unpaired) electrons. The van der Waals surface area contributed by atoms with E-state index in [2.05, 4.69) is 0 Å². The number of rotatable bonds is 2. The molecule has 18 heavy (non-hydrogen) atoms. The second-order valence-corrected chi connectivity index (χ2v) is 3.72. The maximum absolute atomic E-state index is 11.0. The second-order valence-electron chi connectivity index (χ2n) is 3.72. The van der Waals surface area contributed by atoms with Crippen LogP contribution in [0.5, 0.6) is 5.75 Å². The summed E-state index contributed by atoms with van der Waals surface area (Å²) in [6.07, 6.45) is 0.507. The van der Waals surface area contributed by atoms with Crippen molar-refractivity contribution in [1.29, 1.82) is 0 Å². The Balaban J connectivity index is 0.00000162. The zero-order valence-electron chi connectivity index (χ0n) is 9.16. The molecule has 1 heterocycles. The number of nitrogens with two attached hydrogens (primary N) is 1. The highest BCUT2D eigenvalue weighted by Gasteiger charge is 2.27. The molecule has 98 valence electrons. The van der Waals surface area contributed by atoms with E-state index in [0.29, 0.717) is 18.6 Å². The molecule has 0 fully saturated rings. The summed E-state index contributed by atoms with van der Waals surface area (Å²) in [5.41, 5.74) is 5.66. The highest BCUT2D eigenvalue weighted by molar-refractivity contribution is 5.92. The van der Waals surface area contributed by atoms with Crippen LogP contribution in [0.15, 0.2) is 12.1 Å². The number of hydrogen-bond donors (Lipinski definition) is 2. The number of nitro benzene ring substituents is 1. The summed E-state index contributed by atoms with van der Waals surface area (Å²) < 4.78 is 5.24. The minimum atomic E-state index is -1.26. The summed E-state index contributed by atoms with van der Waals surface area (Å²) >= 11 is 0. The molecule has 1 atom stereocenters. The Bertz CT molecular complexity index is 505. The maximum atomic E-state index is 11.0. The molecule has 1 aliphatic rings. The molecule has 2 rings (SSSR count). The molecule has 0 aliphatic carbocycles. The molecule has 7 nitrogen and oxygen atoms in total. The van der Waals surface area contributed by atoms with Gasteiger partial charge in [-0.05, 0) is 0 Å². The van der Waals surface area contributed by atoms with Crippen molar-refractivity contribution in [2.24, 2.45) is 5.73 Å². The van der Waals surface area contributed by atoms with Crippen LogP contribution in [0, 0.1) is 10.1 Å². The van der Waals surface area contributed by atoms with Gasteiger partial charge in [0.2, 0.25) is 0 Å². The van der Waals surface area contributed by atoms with Gasteiger partial charge < -0.3 is 15.6 Å². The van der Waals surface area contributed by atoms with Crippen LogP contribution in [0.4, 0.5) is 5.69 Å². The number of carbonyl (C=O) groups is 1. The van der Waals surface area contributed by atoms with Crippen molar-refractivity contribution in [1.82, 2.24) is 0 Å². The molecule has 0 amide bonds. The smallest absolute Gasteiger partial charge is 0.339 e. The Labute approximate surface area is 108 Å². The van der Waals surface area contributed by atoms with Gasteiger partial charge in [-0.2, -0.15) is 0 Å². The summed E-state index contributed by atoms with van der Waals surface area (Å²) in [6, 6.07) is 1.82. The monoisotopic (exact) mass is 274 g/mol. The van der Waals surface area contributed by atoms with Crippen LogP contribution >= 0.6 is 12.4 Å². The Hall–Kier alpha value is -1.86. The fourth-order valence-corrected chi connectivity index (χ4v) is 1.78. The van der Waals surface area contributed by atoms with Crippen LogP contribution in [-0.2, 0) is 0 Å². The van der Waals surface area contributed by atoms with E-state index in [1.807, 2.05) is 0 Å². The fourth-order valence-electron chi connectivity index (χ4n) is 1.78. The summed E-state index contributed by atoms with van der Waals surface area (Å²) in [7, 11) is 0. The lowest BCUT2D eigenvalue weighted by Gasteiger charge is -2.23. The van der Waals surface area contributed by atoms with E-state index in [1.165, 1.54) is 6.07 Å². The SMILES string of the molecule is Cl.N[C@H]1CCOc2c(C(=O)O)cc([N+](=O)[O-])cc21. The van der Waals surface area contributed by atoms with Crippen molar-refractivity contribution in [3.63, 3.8) is 0 Å². The minimum Gasteiger partial charge on any atom is -0.492 e. The Kier molecular flexibility index (Phi) is 4.10. The van der Waals surface area contributed by atoms with Crippen LogP contribution in [-0.4, -0.2) is 22.6 Å². The van der Waals surface area contributed by atoms with Gasteiger partial charge >= 0.3 is 5.97 Å². The predicted molar refractivity (Wildman–Crippen MR) is 64.3 cm³/mol. The lowest BCUT2D eigenvalue weighted by molar-refractivity contribution is -0.385. The molecule has 1 aromatic rings. The molecular weight excluding hydrogens is 264 g/mol. The van der Waals surface area contributed by atoms with Gasteiger partial charge in [0.1, 0.15) is 11.3 Å². The molecule has 1 aliphatic heterocycles. The van der Waals surface area contributed by atoms with Crippen LogP contribution in [0.3, 0.4) is 0 Å². The number of nitro groups is 1. The van der Waals surface area contributed by atoms with E-state index in [-0.39, 0.29) is 29.4 Å². The van der Waals surface area contributed by atoms with Crippen molar-refractivity contribution in [2.75, 3.05) is 6.61 Å². The maximum Gasteiger partial charge on any atom is 0.339 e. The molecule has 3 N–H and O–H groups in total.